The van der Waals surface area contributed by atoms with Crippen LogP contribution in [-0.2, 0) is 4.74 Å². The third-order valence-corrected chi connectivity index (χ3v) is 2.39. The van der Waals surface area contributed by atoms with E-state index >= 15 is 0 Å². The highest BCUT2D eigenvalue weighted by Gasteiger charge is 2.42. The fourth-order valence-electron chi connectivity index (χ4n) is 1.52. The van der Waals surface area contributed by atoms with Crippen LogP contribution < -0.4 is 0 Å². The van der Waals surface area contributed by atoms with Crippen molar-refractivity contribution in [1.29, 1.82) is 0 Å². The Morgan fingerprint density at radius 1 is 1.00 bits per heavy atom. The molecule has 1 rings (SSSR count). The van der Waals surface area contributed by atoms with E-state index in [0.717, 1.165) is 0 Å². The first-order valence-corrected chi connectivity index (χ1v) is 4.42. The average Bonchev–Trinajstić information content (AvgIpc) is 2.15. The first-order chi connectivity index (χ1) is 6.11. The standard InChI is InChI=1S/C8H16O5/c1-2-4-6(10)8(12)7(11)5(3-9)13-4/h4-12H,2-3H2,1H3/t4?,5-,6+,7+,8-/m1/s1. The van der Waals surface area contributed by atoms with Crippen molar-refractivity contribution in [3.63, 3.8) is 0 Å². The molecule has 1 saturated heterocycles. The van der Waals surface area contributed by atoms with E-state index in [4.69, 9.17) is 9.84 Å². The Hall–Kier alpha value is -0.200. The molecule has 0 aromatic rings. The third-order valence-electron chi connectivity index (χ3n) is 2.39. The van der Waals surface area contributed by atoms with Gasteiger partial charge < -0.3 is 25.2 Å². The van der Waals surface area contributed by atoms with Crippen LogP contribution in [0, 0.1) is 0 Å². The van der Waals surface area contributed by atoms with E-state index in [1.807, 2.05) is 0 Å². The summed E-state index contributed by atoms with van der Waals surface area (Å²) in [6, 6.07) is 0. The van der Waals surface area contributed by atoms with E-state index in [1.165, 1.54) is 0 Å². The Morgan fingerprint density at radius 2 is 1.54 bits per heavy atom. The monoisotopic (exact) mass is 192 g/mol. The van der Waals surface area contributed by atoms with Gasteiger partial charge in [0.1, 0.15) is 24.4 Å². The van der Waals surface area contributed by atoms with Gasteiger partial charge in [-0.15, -0.1) is 0 Å². The Kier molecular flexibility index (Phi) is 3.63. The fraction of sp³-hybridized carbons (Fsp3) is 1.00. The van der Waals surface area contributed by atoms with Gasteiger partial charge in [0, 0.05) is 0 Å². The van der Waals surface area contributed by atoms with E-state index in [2.05, 4.69) is 0 Å². The lowest BCUT2D eigenvalue weighted by Crippen LogP contribution is -2.58. The summed E-state index contributed by atoms with van der Waals surface area (Å²) in [6.45, 7) is 1.44. The van der Waals surface area contributed by atoms with E-state index < -0.39 is 30.5 Å². The van der Waals surface area contributed by atoms with Crippen LogP contribution in [0.25, 0.3) is 0 Å². The van der Waals surface area contributed by atoms with Gasteiger partial charge in [0.15, 0.2) is 0 Å². The van der Waals surface area contributed by atoms with Gasteiger partial charge >= 0.3 is 0 Å². The molecular formula is C8H16O5. The number of ether oxygens (including phenoxy) is 1. The Labute approximate surface area is 76.6 Å². The molecule has 13 heavy (non-hydrogen) atoms. The lowest BCUT2D eigenvalue weighted by atomic mass is 9.94. The van der Waals surface area contributed by atoms with Gasteiger partial charge in [0.05, 0.1) is 12.7 Å². The summed E-state index contributed by atoms with van der Waals surface area (Å²) < 4.78 is 5.17. The van der Waals surface area contributed by atoms with Gasteiger partial charge in [-0.25, -0.2) is 0 Å². The fourth-order valence-corrected chi connectivity index (χ4v) is 1.52. The third kappa shape index (κ3) is 2.00. The van der Waals surface area contributed by atoms with E-state index in [0.29, 0.717) is 6.42 Å². The summed E-state index contributed by atoms with van der Waals surface area (Å²) in [4.78, 5) is 0. The molecule has 0 radical (unpaired) electrons. The zero-order valence-corrected chi connectivity index (χ0v) is 7.50. The van der Waals surface area contributed by atoms with Crippen LogP contribution in [0.4, 0.5) is 0 Å². The van der Waals surface area contributed by atoms with Crippen molar-refractivity contribution < 1.29 is 25.2 Å². The molecule has 1 aliphatic heterocycles. The van der Waals surface area contributed by atoms with Crippen molar-refractivity contribution in [3.8, 4) is 0 Å². The summed E-state index contributed by atoms with van der Waals surface area (Å²) in [5.41, 5.74) is 0. The Balaban J connectivity index is 2.66. The molecule has 1 aliphatic rings. The van der Waals surface area contributed by atoms with Crippen LogP contribution in [0.1, 0.15) is 13.3 Å². The smallest absolute Gasteiger partial charge is 0.111 e. The highest BCUT2D eigenvalue weighted by Crippen LogP contribution is 2.22. The number of hydrogen-bond donors (Lipinski definition) is 4. The molecule has 1 fully saturated rings. The van der Waals surface area contributed by atoms with Crippen molar-refractivity contribution in [2.45, 2.75) is 43.9 Å². The van der Waals surface area contributed by atoms with Gasteiger partial charge in [-0.2, -0.15) is 0 Å². The maximum absolute atomic E-state index is 9.40. The lowest BCUT2D eigenvalue weighted by molar-refractivity contribution is -0.229. The minimum absolute atomic E-state index is 0.360. The number of aliphatic hydroxyl groups is 4. The molecule has 4 N–H and O–H groups in total. The largest absolute Gasteiger partial charge is 0.394 e. The number of hydrogen-bond acceptors (Lipinski definition) is 5. The van der Waals surface area contributed by atoms with Gasteiger partial charge in [-0.1, -0.05) is 6.92 Å². The quantitative estimate of drug-likeness (QED) is 0.416. The molecule has 0 aromatic carbocycles. The average molecular weight is 192 g/mol. The number of rotatable bonds is 2. The summed E-state index contributed by atoms with van der Waals surface area (Å²) in [5.74, 6) is 0. The van der Waals surface area contributed by atoms with Crippen LogP contribution >= 0.6 is 0 Å². The molecule has 0 amide bonds. The topological polar surface area (TPSA) is 90.2 Å². The molecule has 0 aliphatic carbocycles. The molecule has 0 saturated carbocycles. The predicted molar refractivity (Wildman–Crippen MR) is 44.1 cm³/mol. The first-order valence-electron chi connectivity index (χ1n) is 4.42. The Morgan fingerprint density at radius 3 is 2.00 bits per heavy atom. The first kappa shape index (κ1) is 10.9. The molecule has 5 atom stereocenters. The zero-order valence-electron chi connectivity index (χ0n) is 7.50. The van der Waals surface area contributed by atoms with E-state index in [1.54, 1.807) is 6.92 Å². The Bertz CT molecular complexity index is 143. The molecular weight excluding hydrogens is 176 g/mol. The lowest BCUT2D eigenvalue weighted by Gasteiger charge is -2.39. The maximum Gasteiger partial charge on any atom is 0.111 e. The molecule has 5 heteroatoms. The molecule has 0 spiro atoms. The number of aliphatic hydroxyl groups excluding tert-OH is 4. The van der Waals surface area contributed by atoms with Crippen LogP contribution in [0.3, 0.4) is 0 Å². The highest BCUT2D eigenvalue weighted by molar-refractivity contribution is 4.91. The summed E-state index contributed by atoms with van der Waals surface area (Å²) in [5, 5.41) is 36.9. The molecule has 1 unspecified atom stereocenters. The van der Waals surface area contributed by atoms with E-state index in [-0.39, 0.29) is 6.61 Å². The van der Waals surface area contributed by atoms with Crippen molar-refractivity contribution in [2.75, 3.05) is 6.61 Å². The van der Waals surface area contributed by atoms with Crippen molar-refractivity contribution in [2.24, 2.45) is 0 Å². The second-order valence-corrected chi connectivity index (χ2v) is 3.28. The zero-order chi connectivity index (χ0) is 10.0. The maximum atomic E-state index is 9.40. The van der Waals surface area contributed by atoms with Crippen LogP contribution in [0.15, 0.2) is 0 Å². The summed E-state index contributed by atoms with van der Waals surface area (Å²) in [6.07, 6.45) is -4.33. The minimum atomic E-state index is -1.24. The van der Waals surface area contributed by atoms with Crippen molar-refractivity contribution in [1.82, 2.24) is 0 Å². The predicted octanol–water partition coefficient (Wildman–Crippen LogP) is -1.76. The normalized spacial score (nSPS) is 46.4. The summed E-state index contributed by atoms with van der Waals surface area (Å²) >= 11 is 0. The molecule has 1 heterocycles. The van der Waals surface area contributed by atoms with Crippen molar-refractivity contribution in [3.05, 3.63) is 0 Å². The second-order valence-electron chi connectivity index (χ2n) is 3.28. The minimum Gasteiger partial charge on any atom is -0.394 e. The highest BCUT2D eigenvalue weighted by atomic mass is 16.5. The van der Waals surface area contributed by atoms with Gasteiger partial charge in [0.2, 0.25) is 0 Å². The molecule has 5 nitrogen and oxygen atoms in total. The van der Waals surface area contributed by atoms with Crippen molar-refractivity contribution >= 4 is 0 Å². The van der Waals surface area contributed by atoms with Crippen LogP contribution in [0.5, 0.6) is 0 Å². The van der Waals surface area contributed by atoms with E-state index in [9.17, 15) is 15.3 Å². The SMILES string of the molecule is CCC1O[C@H](CO)[C@H](O)[C@H](O)[C@H]1O. The molecule has 0 bridgehead atoms. The van der Waals surface area contributed by atoms with Gasteiger partial charge in [-0.05, 0) is 6.42 Å². The van der Waals surface area contributed by atoms with Gasteiger partial charge in [0.25, 0.3) is 0 Å². The summed E-state index contributed by atoms with van der Waals surface area (Å²) in [7, 11) is 0. The van der Waals surface area contributed by atoms with Crippen LogP contribution in [0.2, 0.25) is 0 Å². The second kappa shape index (κ2) is 4.34. The van der Waals surface area contributed by atoms with Crippen LogP contribution in [-0.4, -0.2) is 57.6 Å². The van der Waals surface area contributed by atoms with Gasteiger partial charge in [-0.3, -0.25) is 0 Å². The molecule has 0 aromatic heterocycles. The molecule has 78 valence electrons.